The van der Waals surface area contributed by atoms with Crippen molar-refractivity contribution in [2.24, 2.45) is 5.73 Å². The molecule has 3 N–H and O–H groups in total. The van der Waals surface area contributed by atoms with E-state index in [-0.39, 0.29) is 5.84 Å². The van der Waals surface area contributed by atoms with Gasteiger partial charge in [0.15, 0.2) is 0 Å². The van der Waals surface area contributed by atoms with E-state index < -0.39 is 0 Å². The van der Waals surface area contributed by atoms with Crippen molar-refractivity contribution in [1.29, 1.82) is 5.41 Å². The molecule has 0 spiro atoms. The van der Waals surface area contributed by atoms with Crippen molar-refractivity contribution in [3.8, 4) is 0 Å². The summed E-state index contributed by atoms with van der Waals surface area (Å²) in [5.74, 6) is 0.0600. The Kier molecular flexibility index (Phi) is 4.80. The zero-order chi connectivity index (χ0) is 13.8. The van der Waals surface area contributed by atoms with Gasteiger partial charge in [0.05, 0.1) is 0 Å². The van der Waals surface area contributed by atoms with Crippen LogP contribution in [0.15, 0.2) is 18.2 Å². The quantitative estimate of drug-likeness (QED) is 0.655. The Morgan fingerprint density at radius 2 is 2.11 bits per heavy atom. The molecule has 0 atom stereocenters. The highest BCUT2D eigenvalue weighted by molar-refractivity contribution is 6.31. The van der Waals surface area contributed by atoms with Crippen molar-refractivity contribution in [3.05, 3.63) is 34.3 Å². The second-order valence-corrected chi connectivity index (χ2v) is 5.56. The minimum Gasteiger partial charge on any atom is -0.384 e. The Hall–Kier alpha value is -1.10. The summed E-state index contributed by atoms with van der Waals surface area (Å²) in [7, 11) is 2.16. The molecule has 5 heteroatoms. The molecule has 0 unspecified atom stereocenters. The van der Waals surface area contributed by atoms with Gasteiger partial charge in [0, 0.05) is 30.2 Å². The van der Waals surface area contributed by atoms with E-state index in [0.29, 0.717) is 10.6 Å². The SMILES string of the molecule is CN1CCCN(Cc2ccc(C(=N)N)cc2Cl)CC1. The number of rotatable bonds is 3. The van der Waals surface area contributed by atoms with Crippen LogP contribution in [0.2, 0.25) is 5.02 Å². The van der Waals surface area contributed by atoms with E-state index in [0.717, 1.165) is 38.3 Å². The summed E-state index contributed by atoms with van der Waals surface area (Å²) in [5.41, 5.74) is 7.25. The molecule has 1 aromatic rings. The van der Waals surface area contributed by atoms with Crippen molar-refractivity contribution in [2.45, 2.75) is 13.0 Å². The van der Waals surface area contributed by atoms with Crippen molar-refractivity contribution in [1.82, 2.24) is 9.80 Å². The molecular formula is C14H21ClN4. The first-order valence-electron chi connectivity index (χ1n) is 6.60. The van der Waals surface area contributed by atoms with Crippen molar-refractivity contribution in [2.75, 3.05) is 33.2 Å². The fraction of sp³-hybridized carbons (Fsp3) is 0.500. The molecule has 1 fully saturated rings. The predicted octanol–water partition coefficient (Wildman–Crippen LogP) is 1.76. The van der Waals surface area contributed by atoms with Crippen LogP contribution in [0.1, 0.15) is 17.5 Å². The van der Waals surface area contributed by atoms with Crippen molar-refractivity contribution >= 4 is 17.4 Å². The van der Waals surface area contributed by atoms with Crippen LogP contribution in [-0.4, -0.2) is 48.9 Å². The van der Waals surface area contributed by atoms with E-state index in [1.54, 1.807) is 6.07 Å². The molecule has 4 nitrogen and oxygen atoms in total. The normalized spacial score (nSPS) is 18.2. The zero-order valence-electron chi connectivity index (χ0n) is 11.3. The maximum Gasteiger partial charge on any atom is 0.122 e. The van der Waals surface area contributed by atoms with Gasteiger partial charge in [-0.25, -0.2) is 0 Å². The van der Waals surface area contributed by atoms with Gasteiger partial charge in [-0.1, -0.05) is 23.7 Å². The number of nitrogen functional groups attached to an aromatic ring is 1. The molecule has 1 heterocycles. The summed E-state index contributed by atoms with van der Waals surface area (Å²) >= 11 is 6.27. The summed E-state index contributed by atoms with van der Waals surface area (Å²) in [6, 6.07) is 5.63. The van der Waals surface area contributed by atoms with Crippen LogP contribution in [0.4, 0.5) is 0 Å². The second kappa shape index (κ2) is 6.37. The molecule has 1 aliphatic rings. The monoisotopic (exact) mass is 280 g/mol. The first-order chi connectivity index (χ1) is 9.06. The molecular weight excluding hydrogens is 260 g/mol. The molecule has 1 aromatic carbocycles. The summed E-state index contributed by atoms with van der Waals surface area (Å²) in [4.78, 5) is 4.79. The number of nitrogens with one attached hydrogen (secondary N) is 1. The fourth-order valence-corrected chi connectivity index (χ4v) is 2.58. The zero-order valence-corrected chi connectivity index (χ0v) is 12.1. The Bertz CT molecular complexity index is 461. The van der Waals surface area contributed by atoms with E-state index in [4.69, 9.17) is 22.7 Å². The molecule has 0 bridgehead atoms. The number of hydrogen-bond acceptors (Lipinski definition) is 3. The summed E-state index contributed by atoms with van der Waals surface area (Å²) in [6.45, 7) is 5.30. The Morgan fingerprint density at radius 1 is 1.32 bits per heavy atom. The standard InChI is InChI=1S/C14H21ClN4/c1-18-5-2-6-19(8-7-18)10-12-4-3-11(14(16)17)9-13(12)15/h3-4,9H,2,5-8,10H2,1H3,(H3,16,17). The van der Waals surface area contributed by atoms with Crippen LogP contribution in [0, 0.1) is 5.41 Å². The van der Waals surface area contributed by atoms with Crippen LogP contribution in [0.25, 0.3) is 0 Å². The average molecular weight is 281 g/mol. The lowest BCUT2D eigenvalue weighted by Crippen LogP contribution is -2.28. The second-order valence-electron chi connectivity index (χ2n) is 5.15. The molecule has 0 radical (unpaired) electrons. The first kappa shape index (κ1) is 14.3. The van der Waals surface area contributed by atoms with Crippen LogP contribution >= 0.6 is 11.6 Å². The number of likely N-dealkylation sites (N-methyl/N-ethyl adjacent to an activating group) is 1. The summed E-state index contributed by atoms with van der Waals surface area (Å²) < 4.78 is 0. The molecule has 19 heavy (non-hydrogen) atoms. The van der Waals surface area contributed by atoms with Gasteiger partial charge in [0.25, 0.3) is 0 Å². The van der Waals surface area contributed by atoms with E-state index >= 15 is 0 Å². The maximum absolute atomic E-state index is 7.41. The van der Waals surface area contributed by atoms with Gasteiger partial charge in [0.2, 0.25) is 0 Å². The lowest BCUT2D eigenvalue weighted by molar-refractivity contribution is 0.269. The van der Waals surface area contributed by atoms with Gasteiger partial charge in [0.1, 0.15) is 5.84 Å². The number of halogens is 1. The smallest absolute Gasteiger partial charge is 0.122 e. The molecule has 1 aliphatic heterocycles. The molecule has 1 saturated heterocycles. The number of hydrogen-bond donors (Lipinski definition) is 2. The van der Waals surface area contributed by atoms with Gasteiger partial charge in [-0.2, -0.15) is 0 Å². The molecule has 0 saturated carbocycles. The summed E-state index contributed by atoms with van der Waals surface area (Å²) in [5, 5.41) is 8.11. The van der Waals surface area contributed by atoms with Crippen LogP contribution < -0.4 is 5.73 Å². The number of nitrogens with zero attached hydrogens (tertiary/aromatic N) is 2. The maximum atomic E-state index is 7.41. The topological polar surface area (TPSA) is 56.4 Å². The minimum atomic E-state index is 0.0600. The fourth-order valence-electron chi connectivity index (χ4n) is 2.34. The third-order valence-corrected chi connectivity index (χ3v) is 3.92. The van der Waals surface area contributed by atoms with E-state index in [1.807, 2.05) is 12.1 Å². The van der Waals surface area contributed by atoms with Crippen LogP contribution in [-0.2, 0) is 6.54 Å². The number of amidine groups is 1. The predicted molar refractivity (Wildman–Crippen MR) is 79.9 cm³/mol. The van der Waals surface area contributed by atoms with Gasteiger partial charge in [-0.15, -0.1) is 0 Å². The lowest BCUT2D eigenvalue weighted by atomic mass is 10.1. The Labute approximate surface area is 119 Å². The van der Waals surface area contributed by atoms with Gasteiger partial charge in [-0.05, 0) is 38.2 Å². The molecule has 0 amide bonds. The highest BCUT2D eigenvalue weighted by Crippen LogP contribution is 2.20. The number of nitrogens with two attached hydrogens (primary N) is 1. The molecule has 2 rings (SSSR count). The molecule has 0 aliphatic carbocycles. The third-order valence-electron chi connectivity index (χ3n) is 3.57. The lowest BCUT2D eigenvalue weighted by Gasteiger charge is -2.21. The van der Waals surface area contributed by atoms with Crippen molar-refractivity contribution in [3.63, 3.8) is 0 Å². The van der Waals surface area contributed by atoms with Crippen LogP contribution in [0.3, 0.4) is 0 Å². The van der Waals surface area contributed by atoms with Crippen LogP contribution in [0.5, 0.6) is 0 Å². The first-order valence-corrected chi connectivity index (χ1v) is 6.98. The highest BCUT2D eigenvalue weighted by atomic mass is 35.5. The van der Waals surface area contributed by atoms with Gasteiger partial charge >= 0.3 is 0 Å². The minimum absolute atomic E-state index is 0.0600. The van der Waals surface area contributed by atoms with Crippen molar-refractivity contribution < 1.29 is 0 Å². The van der Waals surface area contributed by atoms with E-state index in [9.17, 15) is 0 Å². The Balaban J connectivity index is 2.04. The van der Waals surface area contributed by atoms with Gasteiger partial charge in [-0.3, -0.25) is 10.3 Å². The Morgan fingerprint density at radius 3 is 2.79 bits per heavy atom. The van der Waals surface area contributed by atoms with E-state index in [1.165, 1.54) is 6.42 Å². The average Bonchev–Trinajstić information content (AvgIpc) is 2.57. The largest absolute Gasteiger partial charge is 0.384 e. The van der Waals surface area contributed by atoms with E-state index in [2.05, 4.69) is 16.8 Å². The number of benzene rings is 1. The summed E-state index contributed by atoms with van der Waals surface area (Å²) in [6.07, 6.45) is 1.19. The third kappa shape index (κ3) is 3.93. The molecule has 0 aromatic heterocycles. The highest BCUT2D eigenvalue weighted by Gasteiger charge is 2.13. The van der Waals surface area contributed by atoms with Gasteiger partial charge < -0.3 is 10.6 Å². The molecule has 104 valence electrons.